The van der Waals surface area contributed by atoms with E-state index in [1.807, 2.05) is 6.07 Å². The second-order valence-corrected chi connectivity index (χ2v) is 7.96. The van der Waals surface area contributed by atoms with Gasteiger partial charge in [0.2, 0.25) is 0 Å². The van der Waals surface area contributed by atoms with Crippen molar-refractivity contribution < 1.29 is 14.6 Å². The molecule has 5 atom stereocenters. The third-order valence-electron chi connectivity index (χ3n) is 7.16. The van der Waals surface area contributed by atoms with Crippen molar-refractivity contribution in [1.29, 1.82) is 0 Å². The number of fused-ring (bicyclic) bond motifs is 5. The Morgan fingerprint density at radius 2 is 1.91 bits per heavy atom. The molecule has 0 heterocycles. The summed E-state index contributed by atoms with van der Waals surface area (Å²) in [6, 6.07) is 4.24. The van der Waals surface area contributed by atoms with Crippen LogP contribution in [0.25, 0.3) is 0 Å². The smallest absolute Gasteiger partial charge is 0.126 e. The molecular weight excluding hydrogens is 288 g/mol. The molecule has 0 saturated heterocycles. The zero-order valence-corrected chi connectivity index (χ0v) is 14.5. The van der Waals surface area contributed by atoms with Crippen LogP contribution in [0.1, 0.15) is 56.1 Å². The molecule has 0 aromatic heterocycles. The van der Waals surface area contributed by atoms with Gasteiger partial charge in [0, 0.05) is 11.6 Å². The van der Waals surface area contributed by atoms with Crippen LogP contribution in [0.3, 0.4) is 0 Å². The van der Waals surface area contributed by atoms with Crippen molar-refractivity contribution in [2.45, 2.75) is 57.5 Å². The number of rotatable bonds is 2. The van der Waals surface area contributed by atoms with Crippen LogP contribution in [0, 0.1) is 17.3 Å². The fraction of sp³-hybridized carbons (Fsp3) is 0.700. The molecule has 1 aromatic rings. The predicted molar refractivity (Wildman–Crippen MR) is 90.2 cm³/mol. The van der Waals surface area contributed by atoms with Crippen molar-refractivity contribution in [3.05, 3.63) is 23.3 Å². The van der Waals surface area contributed by atoms with Crippen LogP contribution >= 0.6 is 0 Å². The first-order chi connectivity index (χ1) is 11.1. The minimum atomic E-state index is -0.104. The fourth-order valence-corrected chi connectivity index (χ4v) is 5.91. The Bertz CT molecular complexity index is 594. The lowest BCUT2D eigenvalue weighted by atomic mass is 9.55. The lowest BCUT2D eigenvalue weighted by Crippen LogP contribution is -2.44. The van der Waals surface area contributed by atoms with Crippen LogP contribution in [0.15, 0.2) is 12.1 Å². The van der Waals surface area contributed by atoms with Crippen LogP contribution in [0.2, 0.25) is 0 Å². The summed E-state index contributed by atoms with van der Waals surface area (Å²) in [6.45, 7) is 2.33. The minimum Gasteiger partial charge on any atom is -0.497 e. The molecule has 0 unspecified atom stereocenters. The number of methoxy groups -OCH3 is 2. The number of aliphatic hydroxyl groups is 1. The van der Waals surface area contributed by atoms with Gasteiger partial charge in [0.05, 0.1) is 20.3 Å². The number of hydrogen-bond donors (Lipinski definition) is 1. The highest BCUT2D eigenvalue weighted by molar-refractivity contribution is 5.50. The lowest BCUT2D eigenvalue weighted by molar-refractivity contribution is -0.0229. The first kappa shape index (κ1) is 15.3. The number of benzene rings is 1. The van der Waals surface area contributed by atoms with E-state index in [0.29, 0.717) is 17.8 Å². The SMILES string of the molecule is COc1cc2c(c(OC)c1)[C@H]1CC[C@]3(C)[C@@H](O)CC[C@H]3[C@H]1CC2. The van der Waals surface area contributed by atoms with Gasteiger partial charge < -0.3 is 14.6 Å². The van der Waals surface area contributed by atoms with E-state index in [4.69, 9.17) is 9.47 Å². The summed E-state index contributed by atoms with van der Waals surface area (Å²) in [6.07, 6.45) is 6.71. The molecule has 4 rings (SSSR count). The molecule has 3 aliphatic carbocycles. The zero-order valence-electron chi connectivity index (χ0n) is 14.5. The maximum Gasteiger partial charge on any atom is 0.126 e. The van der Waals surface area contributed by atoms with Crippen molar-refractivity contribution in [2.24, 2.45) is 17.3 Å². The summed E-state index contributed by atoms with van der Waals surface area (Å²) in [5.41, 5.74) is 2.97. The average molecular weight is 316 g/mol. The highest BCUT2D eigenvalue weighted by Crippen LogP contribution is 2.62. The lowest BCUT2D eigenvalue weighted by Gasteiger charge is -2.50. The number of ether oxygens (including phenoxy) is 2. The van der Waals surface area contributed by atoms with Gasteiger partial charge in [-0.1, -0.05) is 6.92 Å². The molecule has 2 fully saturated rings. The largest absolute Gasteiger partial charge is 0.497 e. The van der Waals surface area contributed by atoms with Crippen molar-refractivity contribution in [2.75, 3.05) is 14.2 Å². The molecule has 0 spiro atoms. The van der Waals surface area contributed by atoms with Crippen molar-refractivity contribution in [3.63, 3.8) is 0 Å². The molecule has 1 N–H and O–H groups in total. The quantitative estimate of drug-likeness (QED) is 0.899. The van der Waals surface area contributed by atoms with Crippen LogP contribution in [0.4, 0.5) is 0 Å². The van der Waals surface area contributed by atoms with E-state index in [1.54, 1.807) is 14.2 Å². The van der Waals surface area contributed by atoms with Crippen LogP contribution in [-0.2, 0) is 6.42 Å². The predicted octanol–water partition coefficient (Wildman–Crippen LogP) is 3.92. The summed E-state index contributed by atoms with van der Waals surface area (Å²) >= 11 is 0. The number of hydrogen-bond acceptors (Lipinski definition) is 3. The number of aliphatic hydroxyl groups excluding tert-OH is 1. The van der Waals surface area contributed by atoms with Gasteiger partial charge in [-0.3, -0.25) is 0 Å². The summed E-state index contributed by atoms with van der Waals surface area (Å²) in [5, 5.41) is 10.5. The van der Waals surface area contributed by atoms with Crippen molar-refractivity contribution >= 4 is 0 Å². The third-order valence-corrected chi connectivity index (χ3v) is 7.16. The van der Waals surface area contributed by atoms with Gasteiger partial charge in [-0.25, -0.2) is 0 Å². The molecule has 0 aliphatic heterocycles. The Kier molecular flexibility index (Phi) is 3.60. The van der Waals surface area contributed by atoms with E-state index in [-0.39, 0.29) is 11.5 Å². The molecular formula is C20H28O3. The van der Waals surface area contributed by atoms with E-state index in [2.05, 4.69) is 13.0 Å². The Morgan fingerprint density at radius 3 is 2.65 bits per heavy atom. The standard InChI is InChI=1S/C20H28O3/c1-20-9-8-15-14(16(20)6-7-18(20)21)5-4-12-10-13(22-2)11-17(23-3)19(12)15/h10-11,14-16,18,21H,4-9H2,1-3H3/t14-,15-,16-,18-,20-/m0/s1. The van der Waals surface area contributed by atoms with Gasteiger partial charge in [0.1, 0.15) is 11.5 Å². The molecule has 0 amide bonds. The monoisotopic (exact) mass is 316 g/mol. The number of aryl methyl sites for hydroxylation is 1. The third kappa shape index (κ3) is 2.12. The highest BCUT2D eigenvalue weighted by atomic mass is 16.5. The fourth-order valence-electron chi connectivity index (χ4n) is 5.91. The average Bonchev–Trinajstić information content (AvgIpc) is 2.88. The Labute approximate surface area is 139 Å². The Morgan fingerprint density at radius 1 is 1.09 bits per heavy atom. The maximum atomic E-state index is 10.5. The van der Waals surface area contributed by atoms with Crippen LogP contribution in [-0.4, -0.2) is 25.4 Å². The summed E-state index contributed by atoms with van der Waals surface area (Å²) in [7, 11) is 3.49. The van der Waals surface area contributed by atoms with Crippen LogP contribution in [0.5, 0.6) is 11.5 Å². The molecule has 2 saturated carbocycles. The van der Waals surface area contributed by atoms with E-state index >= 15 is 0 Å². The Balaban J connectivity index is 1.75. The molecule has 126 valence electrons. The van der Waals surface area contributed by atoms with E-state index in [9.17, 15) is 5.11 Å². The van der Waals surface area contributed by atoms with E-state index < -0.39 is 0 Å². The second kappa shape index (κ2) is 5.41. The van der Waals surface area contributed by atoms with Crippen LogP contribution < -0.4 is 9.47 Å². The summed E-state index contributed by atoms with van der Waals surface area (Å²) < 4.78 is 11.2. The molecule has 23 heavy (non-hydrogen) atoms. The van der Waals surface area contributed by atoms with Gasteiger partial charge in [-0.15, -0.1) is 0 Å². The van der Waals surface area contributed by atoms with Gasteiger partial charge in [-0.2, -0.15) is 0 Å². The van der Waals surface area contributed by atoms with Gasteiger partial charge >= 0.3 is 0 Å². The molecule has 0 bridgehead atoms. The zero-order chi connectivity index (χ0) is 16.2. The molecule has 1 aromatic carbocycles. The van der Waals surface area contributed by atoms with Crippen molar-refractivity contribution in [3.8, 4) is 11.5 Å². The molecule has 0 radical (unpaired) electrons. The summed E-state index contributed by atoms with van der Waals surface area (Å²) in [5.74, 6) is 3.84. The second-order valence-electron chi connectivity index (χ2n) is 7.96. The van der Waals surface area contributed by atoms with E-state index in [0.717, 1.165) is 30.8 Å². The minimum absolute atomic E-state index is 0.104. The topological polar surface area (TPSA) is 38.7 Å². The first-order valence-corrected chi connectivity index (χ1v) is 9.01. The highest BCUT2D eigenvalue weighted by Gasteiger charge is 2.54. The molecule has 3 heteroatoms. The maximum absolute atomic E-state index is 10.5. The van der Waals surface area contributed by atoms with Crippen molar-refractivity contribution in [1.82, 2.24) is 0 Å². The summed E-state index contributed by atoms with van der Waals surface area (Å²) in [4.78, 5) is 0. The van der Waals surface area contributed by atoms with Gasteiger partial charge in [-0.05, 0) is 73.3 Å². The molecule has 3 nitrogen and oxygen atoms in total. The van der Waals surface area contributed by atoms with Gasteiger partial charge in [0.25, 0.3) is 0 Å². The van der Waals surface area contributed by atoms with E-state index in [1.165, 1.54) is 30.4 Å². The molecule has 3 aliphatic rings. The normalized spacial score (nSPS) is 38.4. The Hall–Kier alpha value is -1.22. The van der Waals surface area contributed by atoms with Gasteiger partial charge in [0.15, 0.2) is 0 Å². The first-order valence-electron chi connectivity index (χ1n) is 9.01.